The fraction of sp³-hybridized carbons (Fsp3) is 0.800. The Bertz CT molecular complexity index is 196. The third kappa shape index (κ3) is 7.45. The zero-order chi connectivity index (χ0) is 9.40. The summed E-state index contributed by atoms with van der Waals surface area (Å²) in [5, 5.41) is 0. The van der Waals surface area contributed by atoms with Crippen LogP contribution >= 0.6 is 0 Å². The van der Waals surface area contributed by atoms with Crippen molar-refractivity contribution >= 4 is 16.9 Å². The Labute approximate surface area is 72.1 Å². The molecule has 0 atom stereocenters. The predicted octanol–water partition coefficient (Wildman–Crippen LogP) is -1.31. The van der Waals surface area contributed by atoms with E-state index in [-0.39, 0.29) is 6.42 Å². The van der Waals surface area contributed by atoms with Crippen molar-refractivity contribution in [3.8, 4) is 0 Å². The minimum absolute atomic E-state index is 0.216. The molecule has 0 fully saturated rings. The van der Waals surface area contributed by atoms with Crippen LogP contribution in [0.15, 0.2) is 0 Å². The van der Waals surface area contributed by atoms with Crippen molar-refractivity contribution in [1.82, 2.24) is 4.72 Å². The van der Waals surface area contributed by atoms with Crippen LogP contribution < -0.4 is 10.6 Å². The maximum absolute atomic E-state index is 10.4. The largest absolute Gasteiger partial charge is 0.373 e. The van der Waals surface area contributed by atoms with E-state index in [2.05, 4.69) is 15.5 Å². The lowest BCUT2D eigenvalue weighted by molar-refractivity contribution is -0.144. The summed E-state index contributed by atoms with van der Waals surface area (Å²) in [4.78, 5) is 14.3. The van der Waals surface area contributed by atoms with Crippen LogP contribution in [0.3, 0.4) is 0 Å². The Kier molecular flexibility index (Phi) is 6.63. The SMILES string of the molecule is NOC(=O)CCCCN[SH](=O)=O. The van der Waals surface area contributed by atoms with Gasteiger partial charge in [-0.2, -0.15) is 5.90 Å². The van der Waals surface area contributed by atoms with E-state index in [1.807, 2.05) is 0 Å². The van der Waals surface area contributed by atoms with Gasteiger partial charge in [0.15, 0.2) is 0 Å². The van der Waals surface area contributed by atoms with Gasteiger partial charge in [-0.1, -0.05) is 0 Å². The summed E-state index contributed by atoms with van der Waals surface area (Å²) >= 11 is 0. The summed E-state index contributed by atoms with van der Waals surface area (Å²) in [6.07, 6.45) is 1.37. The fourth-order valence-corrected chi connectivity index (χ4v) is 0.964. The van der Waals surface area contributed by atoms with E-state index in [9.17, 15) is 13.2 Å². The number of rotatable bonds is 6. The predicted molar refractivity (Wildman–Crippen MR) is 42.4 cm³/mol. The van der Waals surface area contributed by atoms with Gasteiger partial charge in [0.25, 0.3) is 0 Å². The average Bonchev–Trinajstić information content (AvgIpc) is 2.03. The monoisotopic (exact) mass is 196 g/mol. The number of nitrogens with one attached hydrogen (secondary N) is 1. The van der Waals surface area contributed by atoms with Gasteiger partial charge in [0.1, 0.15) is 0 Å². The van der Waals surface area contributed by atoms with E-state index >= 15 is 0 Å². The highest BCUT2D eigenvalue weighted by Gasteiger charge is 1.99. The molecular formula is C5H12N2O4S. The van der Waals surface area contributed by atoms with E-state index < -0.39 is 16.9 Å². The molecule has 0 heterocycles. The second-order valence-corrected chi connectivity index (χ2v) is 2.94. The van der Waals surface area contributed by atoms with E-state index in [1.165, 1.54) is 0 Å². The zero-order valence-corrected chi connectivity index (χ0v) is 7.38. The molecule has 0 saturated carbocycles. The molecule has 12 heavy (non-hydrogen) atoms. The minimum atomic E-state index is -2.53. The minimum Gasteiger partial charge on any atom is -0.373 e. The first-order valence-electron chi connectivity index (χ1n) is 3.44. The first kappa shape index (κ1) is 11.3. The quantitative estimate of drug-likeness (QED) is 0.278. The van der Waals surface area contributed by atoms with Crippen LogP contribution in [0.4, 0.5) is 0 Å². The molecule has 0 bridgehead atoms. The Morgan fingerprint density at radius 3 is 2.58 bits per heavy atom. The van der Waals surface area contributed by atoms with E-state index in [0.29, 0.717) is 19.4 Å². The molecule has 72 valence electrons. The number of nitrogens with two attached hydrogens (primary N) is 1. The van der Waals surface area contributed by atoms with Crippen molar-refractivity contribution in [1.29, 1.82) is 0 Å². The van der Waals surface area contributed by atoms with Crippen LogP contribution in [0.2, 0.25) is 0 Å². The molecule has 0 amide bonds. The second kappa shape index (κ2) is 7.01. The van der Waals surface area contributed by atoms with Gasteiger partial charge in [0.2, 0.25) is 10.9 Å². The third-order valence-corrected chi connectivity index (χ3v) is 1.66. The summed E-state index contributed by atoms with van der Waals surface area (Å²) in [5.74, 6) is 4.09. The maximum Gasteiger partial charge on any atom is 0.324 e. The van der Waals surface area contributed by atoms with Crippen molar-refractivity contribution in [2.75, 3.05) is 6.54 Å². The fourth-order valence-electron chi connectivity index (χ4n) is 0.624. The van der Waals surface area contributed by atoms with Gasteiger partial charge in [-0.05, 0) is 12.8 Å². The van der Waals surface area contributed by atoms with Crippen molar-refractivity contribution in [3.05, 3.63) is 0 Å². The molecular weight excluding hydrogens is 184 g/mol. The van der Waals surface area contributed by atoms with Crippen LogP contribution in [0.1, 0.15) is 19.3 Å². The topological polar surface area (TPSA) is 98.5 Å². The molecule has 0 spiro atoms. The second-order valence-electron chi connectivity index (χ2n) is 2.11. The molecule has 0 unspecified atom stereocenters. The number of unbranched alkanes of at least 4 members (excludes halogenated alkanes) is 1. The molecule has 0 aromatic heterocycles. The molecule has 3 N–H and O–H groups in total. The number of hydrogen-bond acceptors (Lipinski definition) is 5. The van der Waals surface area contributed by atoms with E-state index in [4.69, 9.17) is 0 Å². The first-order chi connectivity index (χ1) is 5.66. The Hall–Kier alpha value is -0.660. The molecule has 7 heteroatoms. The van der Waals surface area contributed by atoms with E-state index in [0.717, 1.165) is 0 Å². The van der Waals surface area contributed by atoms with Crippen molar-refractivity contribution in [2.45, 2.75) is 19.3 Å². The van der Waals surface area contributed by atoms with Gasteiger partial charge in [-0.3, -0.25) is 4.79 Å². The molecule has 0 aliphatic rings. The molecule has 0 aliphatic carbocycles. The molecule has 0 saturated heterocycles. The average molecular weight is 196 g/mol. The van der Waals surface area contributed by atoms with Gasteiger partial charge in [0.05, 0.1) is 0 Å². The lowest BCUT2D eigenvalue weighted by Gasteiger charge is -1.97. The van der Waals surface area contributed by atoms with Gasteiger partial charge in [-0.15, -0.1) is 0 Å². The summed E-state index contributed by atoms with van der Waals surface area (Å²) in [6.45, 7) is 0.344. The van der Waals surface area contributed by atoms with Crippen molar-refractivity contribution in [2.24, 2.45) is 5.90 Å². The lowest BCUT2D eigenvalue weighted by atomic mass is 10.2. The maximum atomic E-state index is 10.4. The number of carbonyl (C=O) groups excluding carboxylic acids is 1. The Balaban J connectivity index is 3.16. The summed E-state index contributed by atoms with van der Waals surface area (Å²) in [7, 11) is -2.53. The molecule has 0 aromatic rings. The van der Waals surface area contributed by atoms with Crippen LogP contribution in [-0.2, 0) is 20.5 Å². The van der Waals surface area contributed by atoms with Gasteiger partial charge in [-0.25, -0.2) is 13.1 Å². The van der Waals surface area contributed by atoms with Crippen LogP contribution in [0, 0.1) is 0 Å². The molecule has 0 radical (unpaired) electrons. The normalized spacial score (nSPS) is 10.2. The van der Waals surface area contributed by atoms with Gasteiger partial charge < -0.3 is 4.84 Å². The Morgan fingerprint density at radius 2 is 2.08 bits per heavy atom. The highest BCUT2D eigenvalue weighted by Crippen LogP contribution is 1.94. The van der Waals surface area contributed by atoms with Crippen LogP contribution in [-0.4, -0.2) is 20.9 Å². The summed E-state index contributed by atoms with van der Waals surface area (Å²) in [5.41, 5.74) is 0. The van der Waals surface area contributed by atoms with Gasteiger partial charge in [0, 0.05) is 13.0 Å². The van der Waals surface area contributed by atoms with Crippen molar-refractivity contribution in [3.63, 3.8) is 0 Å². The highest BCUT2D eigenvalue weighted by molar-refractivity contribution is 7.70. The highest BCUT2D eigenvalue weighted by atomic mass is 32.2. The number of thiol groups is 1. The molecule has 6 nitrogen and oxygen atoms in total. The van der Waals surface area contributed by atoms with Gasteiger partial charge >= 0.3 is 5.97 Å². The number of hydrogen-bond donors (Lipinski definition) is 3. The molecule has 0 rings (SSSR count). The standard InChI is InChI=1S/C5H12N2O4S/c6-11-5(8)3-1-2-4-7-12(9)10/h12H,1-4,6H2,(H,7,9,10). The van der Waals surface area contributed by atoms with Crippen LogP contribution in [0.5, 0.6) is 0 Å². The Morgan fingerprint density at radius 1 is 1.42 bits per heavy atom. The van der Waals surface area contributed by atoms with Crippen molar-refractivity contribution < 1.29 is 18.0 Å². The molecule has 0 aromatic carbocycles. The summed E-state index contributed by atoms with van der Waals surface area (Å²) < 4.78 is 22.1. The third-order valence-electron chi connectivity index (χ3n) is 1.18. The van der Waals surface area contributed by atoms with Crippen LogP contribution in [0.25, 0.3) is 0 Å². The number of carbonyl (C=O) groups is 1. The van der Waals surface area contributed by atoms with E-state index in [1.54, 1.807) is 0 Å². The smallest absolute Gasteiger partial charge is 0.324 e. The lowest BCUT2D eigenvalue weighted by Crippen LogP contribution is -2.14. The summed E-state index contributed by atoms with van der Waals surface area (Å²) in [6, 6.07) is 0. The first-order valence-corrected chi connectivity index (χ1v) is 4.62. The molecule has 0 aliphatic heterocycles. The zero-order valence-electron chi connectivity index (χ0n) is 6.49.